The number of halogens is 2. The number of ether oxygens (including phenoxy) is 1. The standard InChI is InChI=1S/C11H11Cl2NO3S/c12-9-4-5-10(11(8-9)18(13,15)16)17-7-3-1-2-6-14/h4-5,8H,1-3,7H2. The van der Waals surface area contributed by atoms with Crippen molar-refractivity contribution in [2.24, 2.45) is 0 Å². The Labute approximate surface area is 115 Å². The molecule has 0 unspecified atom stereocenters. The summed E-state index contributed by atoms with van der Waals surface area (Å²) < 4.78 is 28.0. The Morgan fingerprint density at radius 3 is 2.67 bits per heavy atom. The molecule has 0 bridgehead atoms. The maximum Gasteiger partial charge on any atom is 0.265 e. The summed E-state index contributed by atoms with van der Waals surface area (Å²) in [5, 5.41) is 8.63. The van der Waals surface area contributed by atoms with Crippen molar-refractivity contribution in [3.63, 3.8) is 0 Å². The Morgan fingerprint density at radius 1 is 1.33 bits per heavy atom. The van der Waals surface area contributed by atoms with Crippen molar-refractivity contribution in [1.29, 1.82) is 5.26 Å². The molecule has 0 aliphatic rings. The van der Waals surface area contributed by atoms with Gasteiger partial charge >= 0.3 is 0 Å². The number of rotatable bonds is 6. The van der Waals surface area contributed by atoms with Gasteiger partial charge in [0.25, 0.3) is 9.05 Å². The van der Waals surface area contributed by atoms with Gasteiger partial charge in [-0.15, -0.1) is 0 Å². The molecule has 1 rings (SSSR count). The van der Waals surface area contributed by atoms with Gasteiger partial charge in [0.15, 0.2) is 0 Å². The minimum Gasteiger partial charge on any atom is -0.492 e. The summed E-state index contributed by atoms with van der Waals surface area (Å²) in [6.07, 6.45) is 1.82. The van der Waals surface area contributed by atoms with Crippen LogP contribution in [0.1, 0.15) is 19.3 Å². The predicted molar refractivity (Wildman–Crippen MR) is 69.4 cm³/mol. The number of benzene rings is 1. The minimum absolute atomic E-state index is 0.142. The van der Waals surface area contributed by atoms with E-state index in [0.717, 1.165) is 0 Å². The summed E-state index contributed by atoms with van der Waals surface area (Å²) in [5.74, 6) is 0.173. The summed E-state index contributed by atoms with van der Waals surface area (Å²) in [7, 11) is 1.40. The van der Waals surface area contributed by atoms with Gasteiger partial charge in [-0.3, -0.25) is 0 Å². The van der Waals surface area contributed by atoms with Crippen molar-refractivity contribution >= 4 is 31.3 Å². The van der Waals surface area contributed by atoms with Crippen LogP contribution in [0.3, 0.4) is 0 Å². The van der Waals surface area contributed by atoms with Crippen LogP contribution in [0.5, 0.6) is 5.75 Å². The third-order valence-corrected chi connectivity index (χ3v) is 3.69. The van der Waals surface area contributed by atoms with Gasteiger partial charge < -0.3 is 4.74 Å². The molecule has 0 saturated carbocycles. The Morgan fingerprint density at radius 2 is 2.06 bits per heavy atom. The molecule has 0 radical (unpaired) electrons. The lowest BCUT2D eigenvalue weighted by Gasteiger charge is -2.09. The molecule has 4 nitrogen and oxygen atoms in total. The second-order valence-corrected chi connectivity index (χ2v) is 6.46. The number of hydrogen-bond donors (Lipinski definition) is 0. The molecule has 98 valence electrons. The van der Waals surface area contributed by atoms with Crippen LogP contribution in [-0.4, -0.2) is 15.0 Å². The molecule has 0 amide bonds. The molecule has 18 heavy (non-hydrogen) atoms. The second-order valence-electron chi connectivity index (χ2n) is 3.49. The van der Waals surface area contributed by atoms with Gasteiger partial charge in [-0.25, -0.2) is 8.42 Å². The number of nitriles is 1. The van der Waals surface area contributed by atoms with Crippen LogP contribution < -0.4 is 4.74 Å². The monoisotopic (exact) mass is 307 g/mol. The molecule has 0 N–H and O–H groups in total. The fourth-order valence-electron chi connectivity index (χ4n) is 1.28. The fraction of sp³-hybridized carbons (Fsp3) is 0.364. The van der Waals surface area contributed by atoms with E-state index < -0.39 is 9.05 Å². The SMILES string of the molecule is N#CCCCCOc1ccc(Cl)cc1S(=O)(=O)Cl. The average Bonchev–Trinajstić information content (AvgIpc) is 2.29. The maximum absolute atomic E-state index is 11.3. The zero-order chi connectivity index (χ0) is 13.6. The molecule has 0 aliphatic heterocycles. The summed E-state index contributed by atoms with van der Waals surface area (Å²) in [6.45, 7) is 0.322. The molecule has 0 heterocycles. The Kier molecular flexibility index (Phi) is 5.73. The minimum atomic E-state index is -3.89. The normalized spacial score (nSPS) is 10.9. The Balaban J connectivity index is 2.74. The molecular weight excluding hydrogens is 297 g/mol. The molecule has 7 heteroatoms. The van der Waals surface area contributed by atoms with Gasteiger partial charge in [0.2, 0.25) is 0 Å². The third-order valence-electron chi connectivity index (χ3n) is 2.11. The lowest BCUT2D eigenvalue weighted by atomic mass is 10.2. The summed E-state index contributed by atoms with van der Waals surface area (Å²) in [6, 6.07) is 6.25. The molecule has 0 aliphatic carbocycles. The Hall–Kier alpha value is -0.960. The number of unbranched alkanes of at least 4 members (excludes halogenated alkanes) is 2. The first kappa shape index (κ1) is 15.1. The first-order chi connectivity index (χ1) is 8.45. The molecule has 0 fully saturated rings. The molecule has 0 spiro atoms. The van der Waals surface area contributed by atoms with Crippen molar-refractivity contribution in [2.45, 2.75) is 24.2 Å². The zero-order valence-electron chi connectivity index (χ0n) is 9.40. The summed E-state index contributed by atoms with van der Waals surface area (Å²) >= 11 is 5.71. The van der Waals surface area contributed by atoms with Crippen LogP contribution in [-0.2, 0) is 9.05 Å². The van der Waals surface area contributed by atoms with Crippen molar-refractivity contribution < 1.29 is 13.2 Å². The maximum atomic E-state index is 11.3. The number of hydrogen-bond acceptors (Lipinski definition) is 4. The summed E-state index contributed by atoms with van der Waals surface area (Å²) in [5.41, 5.74) is 0. The van der Waals surface area contributed by atoms with Gasteiger partial charge in [0, 0.05) is 22.1 Å². The highest BCUT2D eigenvalue weighted by Gasteiger charge is 2.17. The fourth-order valence-corrected chi connectivity index (χ4v) is 2.51. The number of nitrogens with zero attached hydrogens (tertiary/aromatic N) is 1. The Bertz CT molecular complexity index is 552. The van der Waals surface area contributed by atoms with E-state index in [4.69, 9.17) is 32.3 Å². The van der Waals surface area contributed by atoms with Crippen LogP contribution in [0.4, 0.5) is 0 Å². The van der Waals surface area contributed by atoms with E-state index in [0.29, 0.717) is 25.9 Å². The van der Waals surface area contributed by atoms with Crippen molar-refractivity contribution in [3.8, 4) is 11.8 Å². The van der Waals surface area contributed by atoms with E-state index in [2.05, 4.69) is 0 Å². The van der Waals surface area contributed by atoms with E-state index >= 15 is 0 Å². The third kappa shape index (κ3) is 4.73. The molecule has 1 aromatic carbocycles. The summed E-state index contributed by atoms with van der Waals surface area (Å²) in [4.78, 5) is -0.142. The second kappa shape index (κ2) is 6.83. The quantitative estimate of drug-likeness (QED) is 0.597. The van der Waals surface area contributed by atoms with Crippen molar-refractivity contribution in [2.75, 3.05) is 6.61 Å². The van der Waals surface area contributed by atoms with Crippen molar-refractivity contribution in [1.82, 2.24) is 0 Å². The van der Waals surface area contributed by atoms with Gasteiger partial charge in [0.05, 0.1) is 12.7 Å². The van der Waals surface area contributed by atoms with Gasteiger partial charge in [0.1, 0.15) is 10.6 Å². The van der Waals surface area contributed by atoms with E-state index in [1.807, 2.05) is 6.07 Å². The highest BCUT2D eigenvalue weighted by atomic mass is 35.7. The van der Waals surface area contributed by atoms with E-state index in [1.165, 1.54) is 18.2 Å². The van der Waals surface area contributed by atoms with Crippen LogP contribution in [0.2, 0.25) is 5.02 Å². The highest BCUT2D eigenvalue weighted by Crippen LogP contribution is 2.29. The smallest absolute Gasteiger partial charge is 0.265 e. The van der Waals surface area contributed by atoms with Gasteiger partial charge in [-0.1, -0.05) is 11.6 Å². The average molecular weight is 308 g/mol. The van der Waals surface area contributed by atoms with E-state index in [-0.39, 0.29) is 15.7 Å². The molecule has 0 saturated heterocycles. The first-order valence-electron chi connectivity index (χ1n) is 5.19. The lowest BCUT2D eigenvalue weighted by Crippen LogP contribution is -2.02. The zero-order valence-corrected chi connectivity index (χ0v) is 11.7. The first-order valence-corrected chi connectivity index (χ1v) is 7.88. The molecule has 0 aromatic heterocycles. The topological polar surface area (TPSA) is 67.2 Å². The van der Waals surface area contributed by atoms with Crippen molar-refractivity contribution in [3.05, 3.63) is 23.2 Å². The lowest BCUT2D eigenvalue weighted by molar-refractivity contribution is 0.300. The van der Waals surface area contributed by atoms with Gasteiger partial charge in [-0.2, -0.15) is 5.26 Å². The van der Waals surface area contributed by atoms with Crippen LogP contribution >= 0.6 is 22.3 Å². The van der Waals surface area contributed by atoms with Gasteiger partial charge in [-0.05, 0) is 31.0 Å². The van der Waals surface area contributed by atoms with E-state index in [1.54, 1.807) is 0 Å². The van der Waals surface area contributed by atoms with Crippen LogP contribution in [0.15, 0.2) is 23.1 Å². The van der Waals surface area contributed by atoms with Crippen LogP contribution in [0, 0.1) is 11.3 Å². The largest absolute Gasteiger partial charge is 0.492 e. The highest BCUT2D eigenvalue weighted by molar-refractivity contribution is 8.13. The predicted octanol–water partition coefficient (Wildman–Crippen LogP) is 3.34. The molecule has 1 aromatic rings. The molecular formula is C11H11Cl2NO3S. The van der Waals surface area contributed by atoms with Crippen LogP contribution in [0.25, 0.3) is 0 Å². The van der Waals surface area contributed by atoms with E-state index in [9.17, 15) is 8.42 Å². The molecule has 0 atom stereocenters.